The van der Waals surface area contributed by atoms with Gasteiger partial charge in [0.05, 0.1) is 0 Å². The molecule has 16 heavy (non-hydrogen) atoms. The van der Waals surface area contributed by atoms with Crippen molar-refractivity contribution in [1.82, 2.24) is 5.32 Å². The maximum absolute atomic E-state index is 13.5. The minimum absolute atomic E-state index is 0.0902. The summed E-state index contributed by atoms with van der Waals surface area (Å²) in [6, 6.07) is 4.80. The van der Waals surface area contributed by atoms with Crippen molar-refractivity contribution in [3.8, 4) is 0 Å². The summed E-state index contributed by atoms with van der Waals surface area (Å²) < 4.78 is 26.9. The van der Waals surface area contributed by atoms with Crippen molar-refractivity contribution in [2.75, 3.05) is 6.54 Å². The molecule has 1 aromatic carbocycles. The summed E-state index contributed by atoms with van der Waals surface area (Å²) in [5, 5.41) is 3.41. The summed E-state index contributed by atoms with van der Waals surface area (Å²) in [6.07, 6.45) is 3.43. The van der Waals surface area contributed by atoms with Gasteiger partial charge in [-0.3, -0.25) is 0 Å². The molecule has 0 heterocycles. The highest BCUT2D eigenvalue weighted by Crippen LogP contribution is 2.48. The van der Waals surface area contributed by atoms with Crippen molar-refractivity contribution in [2.24, 2.45) is 5.92 Å². The molecule has 0 aliphatic heterocycles. The van der Waals surface area contributed by atoms with Crippen LogP contribution in [-0.4, -0.2) is 12.6 Å². The van der Waals surface area contributed by atoms with Crippen molar-refractivity contribution in [3.05, 3.63) is 35.4 Å². The summed E-state index contributed by atoms with van der Waals surface area (Å²) in [6.45, 7) is 0.906. The largest absolute Gasteiger partial charge is 0.314 e. The summed E-state index contributed by atoms with van der Waals surface area (Å²) in [7, 11) is 0. The van der Waals surface area contributed by atoms with Gasteiger partial charge in [-0.15, -0.1) is 0 Å². The Bertz CT molecular complexity index is 381. The molecule has 1 N–H and O–H groups in total. The molecule has 3 heteroatoms. The van der Waals surface area contributed by atoms with E-state index in [1.807, 2.05) is 0 Å². The van der Waals surface area contributed by atoms with Gasteiger partial charge in [0, 0.05) is 11.6 Å². The van der Waals surface area contributed by atoms with E-state index in [0.717, 1.165) is 13.0 Å². The average molecular weight is 223 g/mol. The van der Waals surface area contributed by atoms with E-state index in [1.165, 1.54) is 31.0 Å². The minimum atomic E-state index is -0.390. The second-order valence-electron chi connectivity index (χ2n) is 4.92. The Kier molecular flexibility index (Phi) is 2.43. The van der Waals surface area contributed by atoms with Gasteiger partial charge in [-0.2, -0.15) is 0 Å². The second kappa shape index (κ2) is 3.81. The van der Waals surface area contributed by atoms with Crippen LogP contribution in [-0.2, 0) is 0 Å². The van der Waals surface area contributed by atoms with Crippen LogP contribution in [0.4, 0.5) is 8.78 Å². The first-order chi connectivity index (χ1) is 7.75. The lowest BCUT2D eigenvalue weighted by Crippen LogP contribution is -2.19. The summed E-state index contributed by atoms with van der Waals surface area (Å²) >= 11 is 0. The third-order valence-electron chi connectivity index (χ3n) is 3.54. The molecule has 86 valence electrons. The molecule has 2 saturated carbocycles. The highest BCUT2D eigenvalue weighted by Gasteiger charge is 2.41. The fraction of sp³-hybridized carbons (Fsp3) is 0.538. The average Bonchev–Trinajstić information content (AvgIpc) is 3.11. The number of rotatable bonds is 4. The molecule has 2 atom stereocenters. The zero-order valence-electron chi connectivity index (χ0n) is 9.05. The van der Waals surface area contributed by atoms with E-state index in [0.29, 0.717) is 17.5 Å². The van der Waals surface area contributed by atoms with Crippen molar-refractivity contribution in [2.45, 2.75) is 31.2 Å². The molecule has 2 unspecified atom stereocenters. The van der Waals surface area contributed by atoms with Gasteiger partial charge in [-0.05, 0) is 49.8 Å². The quantitative estimate of drug-likeness (QED) is 0.827. The minimum Gasteiger partial charge on any atom is -0.314 e. The fourth-order valence-corrected chi connectivity index (χ4v) is 2.30. The molecule has 0 amide bonds. The molecule has 2 fully saturated rings. The Balaban J connectivity index is 1.65. The van der Waals surface area contributed by atoms with Crippen LogP contribution in [0.2, 0.25) is 0 Å². The van der Waals surface area contributed by atoms with Crippen LogP contribution in [0.25, 0.3) is 0 Å². The maximum atomic E-state index is 13.5. The number of hydrogen-bond acceptors (Lipinski definition) is 1. The summed E-state index contributed by atoms with van der Waals surface area (Å²) in [4.78, 5) is 0. The lowest BCUT2D eigenvalue weighted by Gasteiger charge is -2.05. The molecular formula is C13H15F2N. The molecule has 2 aliphatic carbocycles. The van der Waals surface area contributed by atoms with Crippen molar-refractivity contribution in [3.63, 3.8) is 0 Å². The Hall–Kier alpha value is -0.960. The predicted octanol–water partition coefficient (Wildman–Crippen LogP) is 2.82. The van der Waals surface area contributed by atoms with E-state index in [-0.39, 0.29) is 17.6 Å². The molecule has 1 nitrogen and oxygen atoms in total. The van der Waals surface area contributed by atoms with Crippen LogP contribution in [0.3, 0.4) is 0 Å². The van der Waals surface area contributed by atoms with Gasteiger partial charge in [0.15, 0.2) is 0 Å². The molecule has 0 saturated heterocycles. The zero-order valence-corrected chi connectivity index (χ0v) is 9.05. The molecule has 0 aromatic heterocycles. The van der Waals surface area contributed by atoms with Gasteiger partial charge in [0.2, 0.25) is 0 Å². The molecular weight excluding hydrogens is 208 g/mol. The lowest BCUT2D eigenvalue weighted by molar-refractivity contribution is 0.545. The summed E-state index contributed by atoms with van der Waals surface area (Å²) in [5.74, 6) is -0.266. The van der Waals surface area contributed by atoms with E-state index >= 15 is 0 Å². The van der Waals surface area contributed by atoms with E-state index in [9.17, 15) is 8.78 Å². The van der Waals surface area contributed by atoms with E-state index < -0.39 is 0 Å². The first-order valence-corrected chi connectivity index (χ1v) is 5.93. The maximum Gasteiger partial charge on any atom is 0.129 e. The van der Waals surface area contributed by atoms with Crippen LogP contribution >= 0.6 is 0 Å². The van der Waals surface area contributed by atoms with Crippen LogP contribution in [0, 0.1) is 17.6 Å². The number of halogens is 2. The molecule has 0 spiro atoms. The van der Waals surface area contributed by atoms with Gasteiger partial charge < -0.3 is 5.32 Å². The van der Waals surface area contributed by atoms with Gasteiger partial charge in [-0.25, -0.2) is 8.78 Å². The van der Waals surface area contributed by atoms with Crippen LogP contribution in [0.5, 0.6) is 0 Å². The molecule has 0 bridgehead atoms. The van der Waals surface area contributed by atoms with Gasteiger partial charge in [-0.1, -0.05) is 6.07 Å². The van der Waals surface area contributed by atoms with E-state index in [4.69, 9.17) is 0 Å². The third kappa shape index (κ3) is 1.96. The predicted molar refractivity (Wildman–Crippen MR) is 58.2 cm³/mol. The zero-order chi connectivity index (χ0) is 11.1. The molecule has 2 aliphatic rings. The number of hydrogen-bond donors (Lipinski definition) is 1. The monoisotopic (exact) mass is 223 g/mol. The Morgan fingerprint density at radius 3 is 2.50 bits per heavy atom. The highest BCUT2D eigenvalue weighted by atomic mass is 19.1. The van der Waals surface area contributed by atoms with Crippen LogP contribution < -0.4 is 5.32 Å². The molecule has 3 rings (SSSR count). The number of nitrogens with one attached hydrogen (secondary N) is 1. The molecule has 0 radical (unpaired) electrons. The highest BCUT2D eigenvalue weighted by molar-refractivity contribution is 5.29. The smallest absolute Gasteiger partial charge is 0.129 e. The van der Waals surface area contributed by atoms with Crippen LogP contribution in [0.15, 0.2) is 18.2 Å². The first kappa shape index (κ1) is 10.2. The normalized spacial score (nSPS) is 28.1. The lowest BCUT2D eigenvalue weighted by atomic mass is 10.1. The van der Waals surface area contributed by atoms with Crippen molar-refractivity contribution in [1.29, 1.82) is 0 Å². The van der Waals surface area contributed by atoms with Crippen molar-refractivity contribution >= 4 is 0 Å². The van der Waals surface area contributed by atoms with Gasteiger partial charge in [0.25, 0.3) is 0 Å². The molecule has 1 aromatic rings. The Morgan fingerprint density at radius 1 is 1.19 bits per heavy atom. The fourth-order valence-electron chi connectivity index (χ4n) is 2.30. The third-order valence-corrected chi connectivity index (χ3v) is 3.54. The van der Waals surface area contributed by atoms with Crippen LogP contribution in [0.1, 0.15) is 30.7 Å². The standard InChI is InChI=1S/C13H15F2N/c14-11-2-1-3-12(15)13(11)10-6-8(10)7-16-9-4-5-9/h1-3,8-10,16H,4-7H2. The Labute approximate surface area is 93.9 Å². The van der Waals surface area contributed by atoms with Gasteiger partial charge >= 0.3 is 0 Å². The van der Waals surface area contributed by atoms with E-state index in [1.54, 1.807) is 0 Å². The summed E-state index contributed by atoms with van der Waals surface area (Å²) in [5.41, 5.74) is 0.296. The van der Waals surface area contributed by atoms with Gasteiger partial charge in [0.1, 0.15) is 11.6 Å². The van der Waals surface area contributed by atoms with Crippen molar-refractivity contribution < 1.29 is 8.78 Å². The van der Waals surface area contributed by atoms with E-state index in [2.05, 4.69) is 5.32 Å². The first-order valence-electron chi connectivity index (χ1n) is 5.93. The Morgan fingerprint density at radius 2 is 1.88 bits per heavy atom. The number of benzene rings is 1. The SMILES string of the molecule is Fc1cccc(F)c1C1CC1CNC1CC1. The topological polar surface area (TPSA) is 12.0 Å². The second-order valence-corrected chi connectivity index (χ2v) is 4.92.